The Labute approximate surface area is 147 Å². The fraction of sp³-hybridized carbons (Fsp3) is 0.111. The summed E-state index contributed by atoms with van der Waals surface area (Å²) in [5, 5.41) is 6.34. The number of benzene rings is 2. The maximum absolute atomic E-state index is 13.7. The number of aromatic nitrogens is 2. The standard InChI is InChI=1S/C18H13F2N3O3/c1-23-14(10-5-6-15-16(7-10)26-9-25-15)8-13(22-23)18(24)21-17-11(19)3-2-4-12(17)20/h2-8H,9H2,1H3,(H,21,24). The number of hydrogen-bond donors (Lipinski definition) is 1. The Morgan fingerprint density at radius 1 is 1.12 bits per heavy atom. The summed E-state index contributed by atoms with van der Waals surface area (Å²) < 4.78 is 39.5. The molecule has 0 saturated carbocycles. The number of nitrogens with one attached hydrogen (secondary N) is 1. The maximum Gasteiger partial charge on any atom is 0.276 e. The van der Waals surface area contributed by atoms with Gasteiger partial charge in [-0.05, 0) is 36.4 Å². The number of rotatable bonds is 3. The van der Waals surface area contributed by atoms with Gasteiger partial charge in [0, 0.05) is 12.6 Å². The molecule has 1 N–H and O–H groups in total. The van der Waals surface area contributed by atoms with Crippen LogP contribution in [0.15, 0.2) is 42.5 Å². The normalized spacial score (nSPS) is 12.3. The van der Waals surface area contributed by atoms with Crippen LogP contribution in [0.4, 0.5) is 14.5 Å². The number of carbonyl (C=O) groups is 1. The van der Waals surface area contributed by atoms with Crippen LogP contribution in [0.5, 0.6) is 11.5 Å². The van der Waals surface area contributed by atoms with E-state index in [4.69, 9.17) is 9.47 Å². The number of ether oxygens (including phenoxy) is 2. The second-order valence-electron chi connectivity index (χ2n) is 5.66. The Bertz CT molecular complexity index is 997. The lowest BCUT2D eigenvalue weighted by molar-refractivity contribution is 0.102. The molecule has 1 aliphatic rings. The Hall–Kier alpha value is -3.42. The van der Waals surface area contributed by atoms with Crippen molar-refractivity contribution in [3.63, 3.8) is 0 Å². The number of halogens is 2. The largest absolute Gasteiger partial charge is 0.454 e. The quantitative estimate of drug-likeness (QED) is 0.781. The highest BCUT2D eigenvalue weighted by Crippen LogP contribution is 2.36. The van der Waals surface area contributed by atoms with Crippen LogP contribution in [-0.2, 0) is 7.05 Å². The molecule has 0 unspecified atom stereocenters. The fourth-order valence-electron chi connectivity index (χ4n) is 2.70. The van der Waals surface area contributed by atoms with Crippen molar-refractivity contribution in [1.29, 1.82) is 0 Å². The van der Waals surface area contributed by atoms with E-state index in [-0.39, 0.29) is 12.5 Å². The first-order valence-electron chi connectivity index (χ1n) is 7.72. The van der Waals surface area contributed by atoms with E-state index in [9.17, 15) is 13.6 Å². The molecule has 0 saturated heterocycles. The molecule has 2 heterocycles. The second-order valence-corrected chi connectivity index (χ2v) is 5.66. The van der Waals surface area contributed by atoms with Gasteiger partial charge in [0.1, 0.15) is 17.3 Å². The minimum absolute atomic E-state index is 0.0304. The molecule has 0 spiro atoms. The fourth-order valence-corrected chi connectivity index (χ4v) is 2.70. The predicted octanol–water partition coefficient (Wildman–Crippen LogP) is 3.35. The van der Waals surface area contributed by atoms with Crippen molar-refractivity contribution in [2.75, 3.05) is 12.1 Å². The van der Waals surface area contributed by atoms with Gasteiger partial charge < -0.3 is 14.8 Å². The van der Waals surface area contributed by atoms with Gasteiger partial charge in [-0.25, -0.2) is 8.78 Å². The number of nitrogens with zero attached hydrogens (tertiary/aromatic N) is 2. The third-order valence-corrected chi connectivity index (χ3v) is 3.98. The average molecular weight is 357 g/mol. The molecule has 1 aliphatic heterocycles. The minimum atomic E-state index is -0.856. The van der Waals surface area contributed by atoms with Gasteiger partial charge in [0.2, 0.25) is 6.79 Å². The van der Waals surface area contributed by atoms with Crippen LogP contribution in [-0.4, -0.2) is 22.5 Å². The molecule has 0 aliphatic carbocycles. The molecular formula is C18H13F2N3O3. The van der Waals surface area contributed by atoms with E-state index < -0.39 is 23.2 Å². The van der Waals surface area contributed by atoms with Gasteiger partial charge in [0.05, 0.1) is 5.69 Å². The molecule has 0 fully saturated rings. The van der Waals surface area contributed by atoms with E-state index in [0.29, 0.717) is 17.2 Å². The number of anilines is 1. The van der Waals surface area contributed by atoms with Gasteiger partial charge in [0.15, 0.2) is 17.2 Å². The van der Waals surface area contributed by atoms with Gasteiger partial charge in [-0.2, -0.15) is 5.10 Å². The molecule has 26 heavy (non-hydrogen) atoms. The summed E-state index contributed by atoms with van der Waals surface area (Å²) in [5.74, 6) is -1.18. The van der Waals surface area contributed by atoms with Crippen LogP contribution < -0.4 is 14.8 Å². The molecule has 0 atom stereocenters. The van der Waals surface area contributed by atoms with Crippen LogP contribution in [0, 0.1) is 11.6 Å². The molecule has 4 rings (SSSR count). The average Bonchev–Trinajstić information content (AvgIpc) is 3.23. The monoisotopic (exact) mass is 357 g/mol. The van der Waals surface area contributed by atoms with Crippen molar-refractivity contribution < 1.29 is 23.0 Å². The van der Waals surface area contributed by atoms with Crippen molar-refractivity contribution >= 4 is 11.6 Å². The van der Waals surface area contributed by atoms with Crippen LogP contribution in [0.25, 0.3) is 11.3 Å². The van der Waals surface area contributed by atoms with Crippen molar-refractivity contribution in [1.82, 2.24) is 9.78 Å². The molecule has 2 aromatic carbocycles. The summed E-state index contributed by atoms with van der Waals surface area (Å²) in [6.45, 7) is 0.159. The highest BCUT2D eigenvalue weighted by atomic mass is 19.1. The lowest BCUT2D eigenvalue weighted by Crippen LogP contribution is -2.15. The van der Waals surface area contributed by atoms with Gasteiger partial charge in [-0.15, -0.1) is 0 Å². The third-order valence-electron chi connectivity index (χ3n) is 3.98. The molecule has 1 amide bonds. The first-order valence-corrected chi connectivity index (χ1v) is 7.72. The van der Waals surface area contributed by atoms with Gasteiger partial charge in [0.25, 0.3) is 5.91 Å². The molecule has 3 aromatic rings. The van der Waals surface area contributed by atoms with Crippen LogP contribution in [0.3, 0.4) is 0 Å². The molecule has 1 aromatic heterocycles. The van der Waals surface area contributed by atoms with Crippen molar-refractivity contribution in [2.45, 2.75) is 0 Å². The van der Waals surface area contributed by atoms with E-state index in [2.05, 4.69) is 10.4 Å². The van der Waals surface area contributed by atoms with Gasteiger partial charge >= 0.3 is 0 Å². The highest BCUT2D eigenvalue weighted by Gasteiger charge is 2.19. The Balaban J connectivity index is 1.63. The molecular weight excluding hydrogens is 344 g/mol. The zero-order valence-corrected chi connectivity index (χ0v) is 13.6. The van der Waals surface area contributed by atoms with Gasteiger partial charge in [-0.3, -0.25) is 9.48 Å². The SMILES string of the molecule is Cn1nc(C(=O)Nc2c(F)cccc2F)cc1-c1ccc2c(c1)OCO2. The van der Waals surface area contributed by atoms with E-state index in [0.717, 1.165) is 17.7 Å². The second kappa shape index (κ2) is 6.14. The highest BCUT2D eigenvalue weighted by molar-refractivity contribution is 6.03. The number of fused-ring (bicyclic) bond motifs is 1. The van der Waals surface area contributed by atoms with Crippen LogP contribution in [0.1, 0.15) is 10.5 Å². The van der Waals surface area contributed by atoms with Crippen LogP contribution >= 0.6 is 0 Å². The molecule has 8 heteroatoms. The Morgan fingerprint density at radius 2 is 1.85 bits per heavy atom. The van der Waals surface area contributed by atoms with Crippen molar-refractivity contribution in [3.8, 4) is 22.8 Å². The Kier molecular flexibility index (Phi) is 3.80. The Morgan fingerprint density at radius 3 is 2.62 bits per heavy atom. The van der Waals surface area contributed by atoms with E-state index in [1.807, 2.05) is 6.07 Å². The number of carbonyl (C=O) groups excluding carboxylic acids is 1. The zero-order valence-electron chi connectivity index (χ0n) is 13.6. The topological polar surface area (TPSA) is 65.4 Å². The molecule has 6 nitrogen and oxygen atoms in total. The number of hydrogen-bond acceptors (Lipinski definition) is 4. The maximum atomic E-state index is 13.7. The number of amides is 1. The third kappa shape index (κ3) is 2.75. The van der Waals surface area contributed by atoms with E-state index in [1.54, 1.807) is 19.2 Å². The zero-order chi connectivity index (χ0) is 18.3. The van der Waals surface area contributed by atoms with Crippen molar-refractivity contribution in [3.05, 3.63) is 59.8 Å². The molecule has 0 radical (unpaired) electrons. The van der Waals surface area contributed by atoms with E-state index >= 15 is 0 Å². The summed E-state index contributed by atoms with van der Waals surface area (Å²) >= 11 is 0. The molecule has 132 valence electrons. The summed E-state index contributed by atoms with van der Waals surface area (Å²) in [4.78, 5) is 12.3. The summed E-state index contributed by atoms with van der Waals surface area (Å²) in [5.41, 5.74) is 0.929. The lowest BCUT2D eigenvalue weighted by atomic mass is 10.1. The predicted molar refractivity (Wildman–Crippen MR) is 89.1 cm³/mol. The minimum Gasteiger partial charge on any atom is -0.454 e. The van der Waals surface area contributed by atoms with Crippen LogP contribution in [0.2, 0.25) is 0 Å². The first kappa shape index (κ1) is 16.1. The number of para-hydroxylation sites is 1. The van der Waals surface area contributed by atoms with E-state index in [1.165, 1.54) is 16.8 Å². The van der Waals surface area contributed by atoms with Gasteiger partial charge in [-0.1, -0.05) is 6.07 Å². The lowest BCUT2D eigenvalue weighted by Gasteiger charge is -2.05. The number of aryl methyl sites for hydroxylation is 1. The summed E-state index contributed by atoms with van der Waals surface area (Å²) in [6, 6.07) is 10.2. The van der Waals surface area contributed by atoms with Crippen molar-refractivity contribution in [2.24, 2.45) is 7.05 Å². The smallest absolute Gasteiger partial charge is 0.276 e. The molecule has 0 bridgehead atoms. The summed E-state index contributed by atoms with van der Waals surface area (Å²) in [6.07, 6.45) is 0. The first-order chi connectivity index (χ1) is 12.5. The summed E-state index contributed by atoms with van der Waals surface area (Å²) in [7, 11) is 1.67.